The van der Waals surface area contributed by atoms with Crippen molar-refractivity contribution in [1.29, 1.82) is 0 Å². The molecule has 10 nitrogen and oxygen atoms in total. The minimum absolute atomic E-state index is 0.00852. The quantitative estimate of drug-likeness (QED) is 0.280. The second-order valence-electron chi connectivity index (χ2n) is 6.34. The van der Waals surface area contributed by atoms with Gasteiger partial charge in [-0.05, 0) is 29.8 Å². The van der Waals surface area contributed by atoms with Crippen molar-refractivity contribution in [3.8, 4) is 11.5 Å². The third-order valence-corrected chi connectivity index (χ3v) is 4.07. The number of ether oxygens (including phenoxy) is 6. The van der Waals surface area contributed by atoms with Crippen molar-refractivity contribution >= 4 is 12.1 Å². The van der Waals surface area contributed by atoms with Gasteiger partial charge in [0.25, 0.3) is 0 Å². The molecule has 1 atom stereocenters. The molecule has 32 heavy (non-hydrogen) atoms. The van der Waals surface area contributed by atoms with E-state index >= 15 is 0 Å². The highest BCUT2D eigenvalue weighted by molar-refractivity contribution is 5.81. The number of rotatable bonds is 13. The van der Waals surface area contributed by atoms with Crippen molar-refractivity contribution < 1.29 is 42.4 Å². The zero-order valence-electron chi connectivity index (χ0n) is 18.3. The Morgan fingerprint density at radius 3 is 2.28 bits per heavy atom. The molecule has 1 aromatic carbocycles. The van der Waals surface area contributed by atoms with Gasteiger partial charge in [0.2, 0.25) is 0 Å². The molecule has 0 bridgehead atoms. The maximum Gasteiger partial charge on any atom is 0.407 e. The lowest BCUT2D eigenvalue weighted by Crippen LogP contribution is -2.23. The van der Waals surface area contributed by atoms with Crippen LogP contribution >= 0.6 is 0 Å². The number of esters is 1. The first kappa shape index (κ1) is 24.8. The molecule has 1 aromatic heterocycles. The van der Waals surface area contributed by atoms with Gasteiger partial charge in [-0.1, -0.05) is 12.7 Å². The van der Waals surface area contributed by atoms with Gasteiger partial charge in [-0.25, -0.2) is 4.79 Å². The Bertz CT molecular complexity index is 867. The summed E-state index contributed by atoms with van der Waals surface area (Å²) in [5, 5.41) is 2.55. The van der Waals surface area contributed by atoms with Crippen LogP contribution in [0.3, 0.4) is 0 Å². The fraction of sp³-hybridized carbons (Fsp3) is 0.364. The van der Waals surface area contributed by atoms with Crippen LogP contribution in [0.2, 0.25) is 0 Å². The van der Waals surface area contributed by atoms with Crippen molar-refractivity contribution in [2.45, 2.75) is 12.5 Å². The summed E-state index contributed by atoms with van der Waals surface area (Å²) in [7, 11) is 4.27. The Hall–Kier alpha value is -3.50. The van der Waals surface area contributed by atoms with Gasteiger partial charge in [0.05, 0.1) is 13.7 Å². The SMILES string of the molecule is C=CCOC(=O)NCc1ccc(C(C(=O)OC)c2cc(OCOC)cc(OCOC)c2)o1. The highest BCUT2D eigenvalue weighted by atomic mass is 16.7. The summed E-state index contributed by atoms with van der Waals surface area (Å²) in [5.74, 6) is 0.121. The largest absolute Gasteiger partial charge is 0.468 e. The van der Waals surface area contributed by atoms with Gasteiger partial charge >= 0.3 is 12.1 Å². The van der Waals surface area contributed by atoms with Crippen LogP contribution in [0, 0.1) is 0 Å². The molecule has 1 N–H and O–H groups in total. The predicted molar refractivity (Wildman–Crippen MR) is 112 cm³/mol. The van der Waals surface area contributed by atoms with E-state index in [1.165, 1.54) is 27.4 Å². The highest BCUT2D eigenvalue weighted by Crippen LogP contribution is 2.33. The molecule has 1 unspecified atom stereocenters. The van der Waals surface area contributed by atoms with E-state index in [-0.39, 0.29) is 26.7 Å². The van der Waals surface area contributed by atoms with Crippen LogP contribution in [0.4, 0.5) is 4.79 Å². The third-order valence-electron chi connectivity index (χ3n) is 4.07. The molecule has 0 fully saturated rings. The number of carbonyl (C=O) groups is 2. The van der Waals surface area contributed by atoms with Crippen molar-refractivity contribution in [3.05, 3.63) is 60.1 Å². The summed E-state index contributed by atoms with van der Waals surface area (Å²) >= 11 is 0. The van der Waals surface area contributed by atoms with E-state index in [0.29, 0.717) is 28.6 Å². The zero-order valence-corrected chi connectivity index (χ0v) is 18.3. The fourth-order valence-corrected chi connectivity index (χ4v) is 2.70. The van der Waals surface area contributed by atoms with E-state index in [4.69, 9.17) is 32.8 Å². The number of nitrogens with one attached hydrogen (secondary N) is 1. The molecule has 10 heteroatoms. The summed E-state index contributed by atoms with van der Waals surface area (Å²) < 4.78 is 36.6. The van der Waals surface area contributed by atoms with Gasteiger partial charge in [0.15, 0.2) is 13.6 Å². The molecule has 2 rings (SSSR count). The van der Waals surface area contributed by atoms with Crippen molar-refractivity contribution in [2.24, 2.45) is 0 Å². The molecule has 0 saturated heterocycles. The lowest BCUT2D eigenvalue weighted by Gasteiger charge is -2.16. The first-order valence-electron chi connectivity index (χ1n) is 9.58. The number of furan rings is 1. The second kappa shape index (κ2) is 13.0. The van der Waals surface area contributed by atoms with Crippen LogP contribution in [0.15, 0.2) is 47.4 Å². The maximum absolute atomic E-state index is 12.6. The van der Waals surface area contributed by atoms with Crippen molar-refractivity contribution in [1.82, 2.24) is 5.32 Å². The topological polar surface area (TPSA) is 115 Å². The highest BCUT2D eigenvalue weighted by Gasteiger charge is 2.28. The van der Waals surface area contributed by atoms with Gasteiger partial charge in [-0.3, -0.25) is 4.79 Å². The van der Waals surface area contributed by atoms with Crippen LogP contribution in [0.25, 0.3) is 0 Å². The lowest BCUT2D eigenvalue weighted by atomic mass is 9.96. The summed E-state index contributed by atoms with van der Waals surface area (Å²) in [6, 6.07) is 8.24. The van der Waals surface area contributed by atoms with E-state index in [1.54, 1.807) is 30.3 Å². The molecule has 1 amide bonds. The molecule has 2 aromatic rings. The van der Waals surface area contributed by atoms with Crippen LogP contribution in [-0.4, -0.2) is 53.6 Å². The predicted octanol–water partition coefficient (Wildman–Crippen LogP) is 2.96. The van der Waals surface area contributed by atoms with Gasteiger partial charge in [-0.15, -0.1) is 0 Å². The average molecular weight is 449 g/mol. The van der Waals surface area contributed by atoms with Gasteiger partial charge in [-0.2, -0.15) is 0 Å². The smallest absolute Gasteiger partial charge is 0.407 e. The first-order chi connectivity index (χ1) is 15.5. The minimum atomic E-state index is -0.905. The maximum atomic E-state index is 12.6. The van der Waals surface area contributed by atoms with Gasteiger partial charge < -0.3 is 38.2 Å². The summed E-state index contributed by atoms with van der Waals surface area (Å²) in [5.41, 5.74) is 0.510. The molecule has 0 radical (unpaired) electrons. The Labute approximate surface area is 186 Å². The van der Waals surface area contributed by atoms with Gasteiger partial charge in [0.1, 0.15) is 35.5 Å². The van der Waals surface area contributed by atoms with E-state index < -0.39 is 18.0 Å². The Balaban J connectivity index is 2.29. The summed E-state index contributed by atoms with van der Waals surface area (Å²) in [6.07, 6.45) is 0.843. The number of carbonyl (C=O) groups excluding carboxylic acids is 2. The number of amides is 1. The van der Waals surface area contributed by atoms with E-state index in [0.717, 1.165) is 0 Å². The monoisotopic (exact) mass is 449 g/mol. The molecule has 0 aliphatic rings. The molecule has 0 saturated carbocycles. The van der Waals surface area contributed by atoms with E-state index in [1.807, 2.05) is 0 Å². The average Bonchev–Trinajstić information content (AvgIpc) is 3.27. The molecule has 1 heterocycles. The van der Waals surface area contributed by atoms with Crippen molar-refractivity contribution in [3.63, 3.8) is 0 Å². The first-order valence-corrected chi connectivity index (χ1v) is 9.58. The molecule has 174 valence electrons. The van der Waals surface area contributed by atoms with Crippen molar-refractivity contribution in [2.75, 3.05) is 41.5 Å². The number of alkyl carbamates (subject to hydrolysis) is 1. The van der Waals surface area contributed by atoms with Crippen LogP contribution < -0.4 is 14.8 Å². The number of hydrogen-bond acceptors (Lipinski definition) is 9. The Kier molecular flexibility index (Phi) is 10.1. The molecular weight excluding hydrogens is 422 g/mol. The molecule has 0 aliphatic heterocycles. The van der Waals surface area contributed by atoms with Gasteiger partial charge in [0, 0.05) is 20.3 Å². The molecule has 0 aliphatic carbocycles. The summed E-state index contributed by atoms with van der Waals surface area (Å²) in [4.78, 5) is 24.2. The Morgan fingerprint density at radius 1 is 1.06 bits per heavy atom. The number of methoxy groups -OCH3 is 3. The fourth-order valence-electron chi connectivity index (χ4n) is 2.70. The molecular formula is C22H27NO9. The standard InChI is InChI=1S/C22H27NO9/c1-5-8-29-22(25)23-12-16-6-7-19(32-16)20(21(24)28-4)15-9-17(30-13-26-2)11-18(10-15)31-14-27-3/h5-7,9-11,20H,1,8,12-14H2,2-4H3,(H,23,25). The number of hydrogen-bond donors (Lipinski definition) is 1. The van der Waals surface area contributed by atoms with Crippen LogP contribution in [0.1, 0.15) is 23.0 Å². The molecule has 0 spiro atoms. The zero-order chi connectivity index (χ0) is 23.3. The number of benzene rings is 1. The minimum Gasteiger partial charge on any atom is -0.468 e. The third kappa shape index (κ3) is 7.33. The van der Waals surface area contributed by atoms with Crippen LogP contribution in [-0.2, 0) is 30.3 Å². The normalized spacial score (nSPS) is 11.3. The van der Waals surface area contributed by atoms with Crippen LogP contribution in [0.5, 0.6) is 11.5 Å². The lowest BCUT2D eigenvalue weighted by molar-refractivity contribution is -0.141. The second-order valence-corrected chi connectivity index (χ2v) is 6.34. The Morgan fingerprint density at radius 2 is 1.72 bits per heavy atom. The van der Waals surface area contributed by atoms with E-state index in [9.17, 15) is 9.59 Å². The van der Waals surface area contributed by atoms with E-state index in [2.05, 4.69) is 11.9 Å². The summed E-state index contributed by atoms with van der Waals surface area (Å²) in [6.45, 7) is 3.65.